The predicted octanol–water partition coefficient (Wildman–Crippen LogP) is 3.99. The topological polar surface area (TPSA) is 99.2 Å². The van der Waals surface area contributed by atoms with Gasteiger partial charge in [0.2, 0.25) is 5.95 Å². The molecule has 31 heavy (non-hydrogen) atoms. The molecule has 4 aromatic rings. The molecule has 0 aliphatic heterocycles. The van der Waals surface area contributed by atoms with Crippen molar-refractivity contribution in [1.82, 2.24) is 9.55 Å². The van der Waals surface area contributed by atoms with Crippen molar-refractivity contribution in [3.63, 3.8) is 0 Å². The number of nitrogens with zero attached hydrogens (tertiary/aromatic N) is 2. The van der Waals surface area contributed by atoms with Crippen LogP contribution in [-0.2, 0) is 16.6 Å². The maximum atomic E-state index is 12.6. The molecule has 3 aromatic carbocycles. The maximum Gasteiger partial charge on any atom is 0.261 e. The Morgan fingerprint density at radius 2 is 1.74 bits per heavy atom. The molecule has 0 atom stereocenters. The second kappa shape index (κ2) is 8.53. The number of benzene rings is 3. The van der Waals surface area contributed by atoms with Crippen molar-refractivity contribution in [2.24, 2.45) is 0 Å². The molecule has 0 aliphatic carbocycles. The van der Waals surface area contributed by atoms with Crippen LogP contribution in [0, 0.1) is 0 Å². The number of anilines is 2. The second-order valence-corrected chi connectivity index (χ2v) is 8.61. The van der Waals surface area contributed by atoms with E-state index in [1.165, 1.54) is 0 Å². The summed E-state index contributed by atoms with van der Waals surface area (Å²) in [5, 5.41) is 0. The van der Waals surface area contributed by atoms with Gasteiger partial charge in [-0.1, -0.05) is 48.5 Å². The number of imidazole rings is 1. The summed E-state index contributed by atoms with van der Waals surface area (Å²) in [6, 6.07) is 23.0. The quantitative estimate of drug-likeness (QED) is 0.458. The van der Waals surface area contributed by atoms with Gasteiger partial charge in [0.25, 0.3) is 10.0 Å². The lowest BCUT2D eigenvalue weighted by atomic mass is 10.1. The molecule has 1 heterocycles. The van der Waals surface area contributed by atoms with Crippen LogP contribution in [0.25, 0.3) is 11.3 Å². The molecule has 0 aliphatic rings. The van der Waals surface area contributed by atoms with Gasteiger partial charge >= 0.3 is 0 Å². The fourth-order valence-corrected chi connectivity index (χ4v) is 4.34. The standard InChI is InChI=1S/C23H22N4O3S/c1-30-22-13-6-5-8-18(22)15-27-16-21(25-23(27)24)17-9-7-10-19(14-17)26-31(28,29)20-11-3-2-4-12-20/h2-14,16,26H,15H2,1H3,(H2,24,25). The third kappa shape index (κ3) is 4.54. The molecule has 0 saturated carbocycles. The Balaban J connectivity index is 1.59. The van der Waals surface area contributed by atoms with Gasteiger partial charge in [-0.2, -0.15) is 0 Å². The average molecular weight is 435 g/mol. The first-order valence-corrected chi connectivity index (χ1v) is 11.1. The smallest absolute Gasteiger partial charge is 0.261 e. The van der Waals surface area contributed by atoms with E-state index in [1.54, 1.807) is 55.6 Å². The van der Waals surface area contributed by atoms with Gasteiger partial charge < -0.3 is 15.0 Å². The van der Waals surface area contributed by atoms with Crippen molar-refractivity contribution < 1.29 is 13.2 Å². The van der Waals surface area contributed by atoms with Crippen LogP contribution in [0.15, 0.2) is 90.0 Å². The van der Waals surface area contributed by atoms with Gasteiger partial charge in [-0.25, -0.2) is 13.4 Å². The molecule has 3 N–H and O–H groups in total. The van der Waals surface area contributed by atoms with Crippen molar-refractivity contribution in [3.05, 3.63) is 90.6 Å². The van der Waals surface area contributed by atoms with E-state index < -0.39 is 10.0 Å². The Morgan fingerprint density at radius 1 is 1.00 bits per heavy atom. The van der Waals surface area contributed by atoms with Crippen molar-refractivity contribution in [2.45, 2.75) is 11.4 Å². The lowest BCUT2D eigenvalue weighted by Crippen LogP contribution is -2.12. The summed E-state index contributed by atoms with van der Waals surface area (Å²) in [7, 11) is -2.05. The average Bonchev–Trinajstić information content (AvgIpc) is 3.15. The van der Waals surface area contributed by atoms with Crippen molar-refractivity contribution in [1.29, 1.82) is 0 Å². The number of nitrogen functional groups attached to an aromatic ring is 1. The zero-order valence-corrected chi connectivity index (χ0v) is 17.7. The number of rotatable bonds is 7. The van der Waals surface area contributed by atoms with E-state index in [-0.39, 0.29) is 4.90 Å². The van der Waals surface area contributed by atoms with Gasteiger partial charge in [0, 0.05) is 23.0 Å². The molecule has 7 nitrogen and oxygen atoms in total. The van der Waals surface area contributed by atoms with Crippen molar-refractivity contribution >= 4 is 21.7 Å². The Bertz CT molecular complexity index is 1300. The fourth-order valence-electron chi connectivity index (χ4n) is 3.27. The van der Waals surface area contributed by atoms with Crippen molar-refractivity contribution in [2.75, 3.05) is 17.6 Å². The van der Waals surface area contributed by atoms with Gasteiger partial charge in [-0.05, 0) is 30.3 Å². The minimum Gasteiger partial charge on any atom is -0.496 e. The highest BCUT2D eigenvalue weighted by molar-refractivity contribution is 7.92. The zero-order valence-electron chi connectivity index (χ0n) is 16.9. The summed E-state index contributed by atoms with van der Waals surface area (Å²) in [5.41, 5.74) is 8.95. The molecule has 1 aromatic heterocycles. The molecule has 0 fully saturated rings. The molecule has 158 valence electrons. The normalized spacial score (nSPS) is 11.3. The first kappa shape index (κ1) is 20.5. The van der Waals surface area contributed by atoms with Gasteiger partial charge in [-0.15, -0.1) is 0 Å². The Labute approximate surface area is 181 Å². The number of nitrogens with one attached hydrogen (secondary N) is 1. The Morgan fingerprint density at radius 3 is 2.52 bits per heavy atom. The van der Waals surface area contributed by atoms with E-state index in [0.717, 1.165) is 16.9 Å². The summed E-state index contributed by atoms with van der Waals surface area (Å²) < 4.78 is 35.1. The van der Waals surface area contributed by atoms with Crippen LogP contribution in [0.5, 0.6) is 5.75 Å². The van der Waals surface area contributed by atoms with Crippen LogP contribution < -0.4 is 15.2 Å². The van der Waals surface area contributed by atoms with E-state index in [1.807, 2.05) is 41.1 Å². The molecule has 8 heteroatoms. The third-order valence-electron chi connectivity index (χ3n) is 4.80. The minimum absolute atomic E-state index is 0.200. The van der Waals surface area contributed by atoms with Gasteiger partial charge in [0.15, 0.2) is 0 Å². The molecule has 0 saturated heterocycles. The summed E-state index contributed by atoms with van der Waals surface area (Å²) in [4.78, 5) is 4.65. The van der Waals surface area contributed by atoms with Crippen LogP contribution in [0.3, 0.4) is 0 Å². The number of para-hydroxylation sites is 1. The second-order valence-electron chi connectivity index (χ2n) is 6.92. The number of nitrogens with two attached hydrogens (primary N) is 1. The predicted molar refractivity (Wildman–Crippen MR) is 121 cm³/mol. The molecule has 0 radical (unpaired) electrons. The van der Waals surface area contributed by atoms with E-state index in [2.05, 4.69) is 9.71 Å². The van der Waals surface area contributed by atoms with Gasteiger partial charge in [0.05, 0.1) is 24.2 Å². The van der Waals surface area contributed by atoms with Crippen LogP contribution in [-0.4, -0.2) is 25.1 Å². The summed E-state index contributed by atoms with van der Waals surface area (Å²) >= 11 is 0. The van der Waals surface area contributed by atoms with Gasteiger partial charge in [0.1, 0.15) is 5.75 Å². The largest absolute Gasteiger partial charge is 0.496 e. The maximum absolute atomic E-state index is 12.6. The molecular formula is C23H22N4O3S. The summed E-state index contributed by atoms with van der Waals surface area (Å²) in [6.45, 7) is 0.503. The van der Waals surface area contributed by atoms with Crippen molar-refractivity contribution in [3.8, 4) is 17.0 Å². The summed E-state index contributed by atoms with van der Waals surface area (Å²) in [5.74, 6) is 1.13. The van der Waals surface area contributed by atoms with E-state index >= 15 is 0 Å². The zero-order chi connectivity index (χ0) is 21.8. The van der Waals surface area contributed by atoms with E-state index in [0.29, 0.717) is 23.9 Å². The highest BCUT2D eigenvalue weighted by Crippen LogP contribution is 2.26. The third-order valence-corrected chi connectivity index (χ3v) is 6.20. The molecule has 0 spiro atoms. The number of sulfonamides is 1. The highest BCUT2D eigenvalue weighted by Gasteiger charge is 2.15. The first-order valence-electron chi connectivity index (χ1n) is 9.59. The summed E-state index contributed by atoms with van der Waals surface area (Å²) in [6.07, 6.45) is 1.84. The Kier molecular flexibility index (Phi) is 5.64. The number of aromatic nitrogens is 2. The van der Waals surface area contributed by atoms with Crippen LogP contribution >= 0.6 is 0 Å². The highest BCUT2D eigenvalue weighted by atomic mass is 32.2. The molecule has 0 unspecified atom stereocenters. The molecular weight excluding hydrogens is 412 g/mol. The van der Waals surface area contributed by atoms with E-state index in [9.17, 15) is 8.42 Å². The lowest BCUT2D eigenvalue weighted by Gasteiger charge is -2.09. The van der Waals surface area contributed by atoms with E-state index in [4.69, 9.17) is 10.5 Å². The minimum atomic E-state index is -3.68. The molecule has 0 bridgehead atoms. The van der Waals surface area contributed by atoms with Crippen LogP contribution in [0.1, 0.15) is 5.56 Å². The van der Waals surface area contributed by atoms with Gasteiger partial charge in [-0.3, -0.25) is 4.72 Å². The first-order chi connectivity index (χ1) is 15.0. The number of ether oxygens (including phenoxy) is 1. The SMILES string of the molecule is COc1ccccc1Cn1cc(-c2cccc(NS(=O)(=O)c3ccccc3)c2)nc1N. The van der Waals surface area contributed by atoms with Crippen LogP contribution in [0.2, 0.25) is 0 Å². The fraction of sp³-hybridized carbons (Fsp3) is 0.0870. The molecule has 4 rings (SSSR count). The molecule has 0 amide bonds. The van der Waals surface area contributed by atoms with Crippen LogP contribution in [0.4, 0.5) is 11.6 Å². The monoisotopic (exact) mass is 434 g/mol. The lowest BCUT2D eigenvalue weighted by molar-refractivity contribution is 0.408. The number of methoxy groups -OCH3 is 1. The number of hydrogen-bond acceptors (Lipinski definition) is 5. The number of hydrogen-bond donors (Lipinski definition) is 2. The Hall–Kier alpha value is -3.78.